The number of carboxylic acid groups (broad SMARTS) is 1. The number of benzene rings is 2. The zero-order valence-corrected chi connectivity index (χ0v) is 18.5. The van der Waals surface area contributed by atoms with Crippen LogP contribution in [0.15, 0.2) is 42.5 Å². The highest BCUT2D eigenvalue weighted by atomic mass is 35.5. The second-order valence-corrected chi connectivity index (χ2v) is 9.69. The van der Waals surface area contributed by atoms with Gasteiger partial charge in [-0.15, -0.1) is 0 Å². The number of nitrogens with zero attached hydrogens (tertiary/aromatic N) is 2. The second-order valence-electron chi connectivity index (χ2n) is 7.27. The fourth-order valence-corrected chi connectivity index (χ4v) is 4.24. The molecule has 0 unspecified atom stereocenters. The summed E-state index contributed by atoms with van der Waals surface area (Å²) in [6.45, 7) is 1.11. The number of halogens is 1. The van der Waals surface area contributed by atoms with Crippen molar-refractivity contribution in [1.29, 1.82) is 0 Å². The highest BCUT2D eigenvalue weighted by Gasteiger charge is 2.28. The Hall–Kier alpha value is -2.62. The third-order valence-electron chi connectivity index (χ3n) is 4.93. The van der Waals surface area contributed by atoms with Crippen LogP contribution in [0.3, 0.4) is 0 Å². The monoisotopic (exact) mass is 466 g/mol. The molecule has 1 amide bonds. The average Bonchev–Trinajstić information content (AvgIpc) is 2.72. The fourth-order valence-electron chi connectivity index (χ4n) is 3.29. The minimum atomic E-state index is -3.31. The standard InChI is InChI=1S/C21H23ClN2O6S/c1-31(28,29)24-10-8-23(9-11-24)21(27)18-12-16(13-20(25)26)4-7-19(18)30-14-15-2-5-17(22)6-3-15/h2-7,12H,8-11,13-14H2,1H3,(H,25,26). The van der Waals surface area contributed by atoms with Crippen LogP contribution in [0.25, 0.3) is 0 Å². The predicted octanol–water partition coefficient (Wildman–Crippen LogP) is 2.26. The van der Waals surface area contributed by atoms with E-state index in [0.29, 0.717) is 16.3 Å². The van der Waals surface area contributed by atoms with Gasteiger partial charge in [0.2, 0.25) is 10.0 Å². The SMILES string of the molecule is CS(=O)(=O)N1CCN(C(=O)c2cc(CC(=O)O)ccc2OCc2ccc(Cl)cc2)CC1. The van der Waals surface area contributed by atoms with Gasteiger partial charge in [-0.05, 0) is 35.4 Å². The molecule has 0 saturated carbocycles. The number of hydrogen-bond donors (Lipinski definition) is 1. The van der Waals surface area contributed by atoms with Crippen molar-refractivity contribution in [3.63, 3.8) is 0 Å². The van der Waals surface area contributed by atoms with E-state index >= 15 is 0 Å². The molecule has 0 radical (unpaired) electrons. The van der Waals surface area contributed by atoms with Crippen LogP contribution in [-0.2, 0) is 27.8 Å². The van der Waals surface area contributed by atoms with Crippen LogP contribution >= 0.6 is 11.6 Å². The summed E-state index contributed by atoms with van der Waals surface area (Å²) in [7, 11) is -3.31. The number of amides is 1. The molecule has 0 atom stereocenters. The summed E-state index contributed by atoms with van der Waals surface area (Å²) in [5.41, 5.74) is 1.59. The molecule has 1 aliphatic rings. The van der Waals surface area contributed by atoms with Crippen molar-refractivity contribution in [2.24, 2.45) is 0 Å². The predicted molar refractivity (Wildman–Crippen MR) is 116 cm³/mol. The van der Waals surface area contributed by atoms with Gasteiger partial charge in [-0.25, -0.2) is 8.42 Å². The molecule has 10 heteroatoms. The lowest BCUT2D eigenvalue weighted by molar-refractivity contribution is -0.136. The minimum Gasteiger partial charge on any atom is -0.488 e. The van der Waals surface area contributed by atoms with E-state index in [-0.39, 0.29) is 50.7 Å². The van der Waals surface area contributed by atoms with Crippen molar-refractivity contribution in [1.82, 2.24) is 9.21 Å². The van der Waals surface area contributed by atoms with Gasteiger partial charge in [-0.2, -0.15) is 4.31 Å². The van der Waals surface area contributed by atoms with E-state index in [0.717, 1.165) is 11.8 Å². The average molecular weight is 467 g/mol. The van der Waals surface area contributed by atoms with Crippen LogP contribution in [0.5, 0.6) is 5.75 Å². The summed E-state index contributed by atoms with van der Waals surface area (Å²) < 4.78 is 30.6. The van der Waals surface area contributed by atoms with Crippen LogP contribution in [0.1, 0.15) is 21.5 Å². The van der Waals surface area contributed by atoms with Crippen molar-refractivity contribution in [2.45, 2.75) is 13.0 Å². The summed E-state index contributed by atoms with van der Waals surface area (Å²) in [6, 6.07) is 11.8. The van der Waals surface area contributed by atoms with Gasteiger partial charge in [0.1, 0.15) is 12.4 Å². The number of aliphatic carboxylic acids is 1. The van der Waals surface area contributed by atoms with Gasteiger partial charge in [0.05, 0.1) is 18.2 Å². The Morgan fingerprint density at radius 2 is 1.65 bits per heavy atom. The first-order valence-corrected chi connectivity index (χ1v) is 11.8. The highest BCUT2D eigenvalue weighted by molar-refractivity contribution is 7.88. The largest absolute Gasteiger partial charge is 0.488 e. The maximum Gasteiger partial charge on any atom is 0.307 e. The van der Waals surface area contributed by atoms with E-state index in [1.165, 1.54) is 10.4 Å². The highest BCUT2D eigenvalue weighted by Crippen LogP contribution is 2.25. The lowest BCUT2D eigenvalue weighted by Gasteiger charge is -2.33. The number of carbonyl (C=O) groups excluding carboxylic acids is 1. The molecule has 1 saturated heterocycles. The Labute approximate surface area is 186 Å². The second kappa shape index (κ2) is 9.67. The lowest BCUT2D eigenvalue weighted by atomic mass is 10.1. The molecular weight excluding hydrogens is 444 g/mol. The molecule has 1 aliphatic heterocycles. The quantitative estimate of drug-likeness (QED) is 0.671. The summed E-state index contributed by atoms with van der Waals surface area (Å²) in [4.78, 5) is 25.8. The van der Waals surface area contributed by atoms with Gasteiger partial charge in [-0.1, -0.05) is 29.8 Å². The summed E-state index contributed by atoms with van der Waals surface area (Å²) in [6.07, 6.45) is 0.919. The molecule has 2 aromatic carbocycles. The molecule has 0 spiro atoms. The van der Waals surface area contributed by atoms with Crippen LogP contribution < -0.4 is 4.74 Å². The molecule has 1 fully saturated rings. The van der Waals surface area contributed by atoms with Crippen molar-refractivity contribution in [3.8, 4) is 5.75 Å². The van der Waals surface area contributed by atoms with Gasteiger partial charge >= 0.3 is 5.97 Å². The Kier molecular flexibility index (Phi) is 7.19. The number of sulfonamides is 1. The van der Waals surface area contributed by atoms with Gasteiger partial charge < -0.3 is 14.7 Å². The molecule has 0 aliphatic carbocycles. The summed E-state index contributed by atoms with van der Waals surface area (Å²) >= 11 is 5.90. The Bertz CT molecular complexity index is 1060. The smallest absolute Gasteiger partial charge is 0.307 e. The zero-order chi connectivity index (χ0) is 22.6. The number of carbonyl (C=O) groups is 2. The Balaban J connectivity index is 1.80. The van der Waals surface area contributed by atoms with Crippen molar-refractivity contribution in [2.75, 3.05) is 32.4 Å². The maximum atomic E-state index is 13.2. The van der Waals surface area contributed by atoms with E-state index in [2.05, 4.69) is 0 Å². The van der Waals surface area contributed by atoms with E-state index in [1.807, 2.05) is 12.1 Å². The van der Waals surface area contributed by atoms with E-state index in [9.17, 15) is 18.0 Å². The molecule has 31 heavy (non-hydrogen) atoms. The van der Waals surface area contributed by atoms with Crippen LogP contribution in [0.2, 0.25) is 5.02 Å². The topological polar surface area (TPSA) is 104 Å². The fraction of sp³-hybridized carbons (Fsp3) is 0.333. The first-order chi connectivity index (χ1) is 14.6. The number of piperazine rings is 1. The van der Waals surface area contributed by atoms with Gasteiger partial charge in [-0.3, -0.25) is 9.59 Å². The van der Waals surface area contributed by atoms with E-state index in [4.69, 9.17) is 21.4 Å². The van der Waals surface area contributed by atoms with E-state index < -0.39 is 16.0 Å². The molecule has 1 N–H and O–H groups in total. The van der Waals surface area contributed by atoms with Crippen molar-refractivity contribution >= 4 is 33.5 Å². The first kappa shape index (κ1) is 23.1. The zero-order valence-electron chi connectivity index (χ0n) is 17.0. The van der Waals surface area contributed by atoms with Gasteiger partial charge in [0.25, 0.3) is 5.91 Å². The number of hydrogen-bond acceptors (Lipinski definition) is 5. The molecule has 1 heterocycles. The molecular formula is C21H23ClN2O6S. The lowest BCUT2D eigenvalue weighted by Crippen LogP contribution is -2.50. The maximum absolute atomic E-state index is 13.2. The minimum absolute atomic E-state index is 0.206. The van der Waals surface area contributed by atoms with Crippen molar-refractivity contribution in [3.05, 3.63) is 64.2 Å². The number of rotatable bonds is 7. The molecule has 2 aromatic rings. The Morgan fingerprint density at radius 3 is 2.23 bits per heavy atom. The molecule has 166 valence electrons. The van der Waals surface area contributed by atoms with Gasteiger partial charge in [0, 0.05) is 31.2 Å². The van der Waals surface area contributed by atoms with Crippen LogP contribution in [-0.4, -0.2) is 67.0 Å². The third-order valence-corrected chi connectivity index (χ3v) is 6.49. The van der Waals surface area contributed by atoms with E-state index in [1.54, 1.807) is 29.2 Å². The normalized spacial score (nSPS) is 15.0. The number of ether oxygens (including phenoxy) is 1. The first-order valence-electron chi connectivity index (χ1n) is 9.60. The molecule has 0 aromatic heterocycles. The van der Waals surface area contributed by atoms with Crippen molar-refractivity contribution < 1.29 is 27.9 Å². The number of carboxylic acids is 1. The molecule has 0 bridgehead atoms. The third kappa shape index (κ3) is 6.19. The van der Waals surface area contributed by atoms with Crippen LogP contribution in [0.4, 0.5) is 0 Å². The van der Waals surface area contributed by atoms with Crippen LogP contribution in [0, 0.1) is 0 Å². The summed E-state index contributed by atoms with van der Waals surface area (Å²) in [5, 5.41) is 9.70. The molecule has 3 rings (SSSR count). The Morgan fingerprint density at radius 1 is 1.03 bits per heavy atom. The molecule has 8 nitrogen and oxygen atoms in total. The summed E-state index contributed by atoms with van der Waals surface area (Å²) in [5.74, 6) is -0.999. The van der Waals surface area contributed by atoms with Gasteiger partial charge in [0.15, 0.2) is 0 Å².